The molecule has 1 heterocycles. The Labute approximate surface area is 116 Å². The van der Waals surface area contributed by atoms with Crippen LogP contribution in [0.15, 0.2) is 0 Å². The normalized spacial score (nSPS) is 28.4. The SMILES string of the molecule is CCC1CCCCC1OCCC(=O)N1CCNCC1. The second-order valence-corrected chi connectivity index (χ2v) is 5.74. The fraction of sp³-hybridized carbons (Fsp3) is 0.933. The monoisotopic (exact) mass is 268 g/mol. The molecular weight excluding hydrogens is 240 g/mol. The molecule has 4 heteroatoms. The van der Waals surface area contributed by atoms with Gasteiger partial charge in [0.25, 0.3) is 0 Å². The van der Waals surface area contributed by atoms with E-state index in [1.807, 2.05) is 4.90 Å². The van der Waals surface area contributed by atoms with Crippen LogP contribution >= 0.6 is 0 Å². The fourth-order valence-corrected chi connectivity index (χ4v) is 3.23. The molecule has 4 nitrogen and oxygen atoms in total. The van der Waals surface area contributed by atoms with Crippen molar-refractivity contribution < 1.29 is 9.53 Å². The summed E-state index contributed by atoms with van der Waals surface area (Å²) in [4.78, 5) is 14.0. The molecule has 19 heavy (non-hydrogen) atoms. The van der Waals surface area contributed by atoms with E-state index in [-0.39, 0.29) is 5.91 Å². The van der Waals surface area contributed by atoms with Gasteiger partial charge < -0.3 is 15.0 Å². The zero-order valence-electron chi connectivity index (χ0n) is 12.2. The third-order valence-electron chi connectivity index (χ3n) is 4.48. The van der Waals surface area contributed by atoms with E-state index in [1.165, 1.54) is 32.1 Å². The van der Waals surface area contributed by atoms with Crippen molar-refractivity contribution in [3.05, 3.63) is 0 Å². The summed E-state index contributed by atoms with van der Waals surface area (Å²) in [6, 6.07) is 0. The number of amides is 1. The number of carbonyl (C=O) groups excluding carboxylic acids is 1. The zero-order chi connectivity index (χ0) is 13.5. The second kappa shape index (κ2) is 7.85. The van der Waals surface area contributed by atoms with Crippen molar-refractivity contribution in [2.75, 3.05) is 32.8 Å². The first kappa shape index (κ1) is 14.8. The van der Waals surface area contributed by atoms with Crippen LogP contribution in [0.5, 0.6) is 0 Å². The summed E-state index contributed by atoms with van der Waals surface area (Å²) in [5.74, 6) is 0.966. The average molecular weight is 268 g/mol. The van der Waals surface area contributed by atoms with Gasteiger partial charge in [-0.2, -0.15) is 0 Å². The maximum absolute atomic E-state index is 12.0. The lowest BCUT2D eigenvalue weighted by molar-refractivity contribution is -0.133. The molecule has 2 fully saturated rings. The minimum atomic E-state index is 0.255. The van der Waals surface area contributed by atoms with Crippen LogP contribution in [0, 0.1) is 5.92 Å². The number of nitrogens with zero attached hydrogens (tertiary/aromatic N) is 1. The molecule has 1 aliphatic carbocycles. The van der Waals surface area contributed by atoms with Crippen LogP contribution < -0.4 is 5.32 Å². The Morgan fingerprint density at radius 2 is 2.00 bits per heavy atom. The highest BCUT2D eigenvalue weighted by Gasteiger charge is 2.24. The first-order chi connectivity index (χ1) is 9.31. The Morgan fingerprint density at radius 1 is 1.26 bits per heavy atom. The molecule has 0 aromatic rings. The van der Waals surface area contributed by atoms with E-state index in [4.69, 9.17) is 4.74 Å². The Morgan fingerprint density at radius 3 is 2.74 bits per heavy atom. The lowest BCUT2D eigenvalue weighted by Crippen LogP contribution is -2.46. The van der Waals surface area contributed by atoms with Crippen molar-refractivity contribution in [3.8, 4) is 0 Å². The van der Waals surface area contributed by atoms with Crippen LogP contribution in [0.3, 0.4) is 0 Å². The Kier molecular flexibility index (Phi) is 6.11. The number of hydrogen-bond acceptors (Lipinski definition) is 3. The van der Waals surface area contributed by atoms with Gasteiger partial charge in [0.05, 0.1) is 19.1 Å². The molecule has 2 rings (SSSR count). The van der Waals surface area contributed by atoms with Crippen molar-refractivity contribution in [1.29, 1.82) is 0 Å². The maximum atomic E-state index is 12.0. The predicted molar refractivity (Wildman–Crippen MR) is 76.1 cm³/mol. The van der Waals surface area contributed by atoms with E-state index >= 15 is 0 Å². The van der Waals surface area contributed by atoms with Gasteiger partial charge in [0, 0.05) is 26.2 Å². The molecule has 0 bridgehead atoms. The Hall–Kier alpha value is -0.610. The molecule has 0 spiro atoms. The number of rotatable bonds is 5. The summed E-state index contributed by atoms with van der Waals surface area (Å²) in [7, 11) is 0. The zero-order valence-corrected chi connectivity index (χ0v) is 12.2. The summed E-state index contributed by atoms with van der Waals surface area (Å²) >= 11 is 0. The van der Waals surface area contributed by atoms with Gasteiger partial charge in [-0.15, -0.1) is 0 Å². The summed E-state index contributed by atoms with van der Waals surface area (Å²) in [5, 5.41) is 3.27. The van der Waals surface area contributed by atoms with Gasteiger partial charge in [-0.3, -0.25) is 4.79 Å². The Bertz CT molecular complexity index is 277. The third-order valence-corrected chi connectivity index (χ3v) is 4.48. The quantitative estimate of drug-likeness (QED) is 0.826. The van der Waals surface area contributed by atoms with Crippen LogP contribution in [-0.4, -0.2) is 49.7 Å². The highest BCUT2D eigenvalue weighted by Crippen LogP contribution is 2.29. The van der Waals surface area contributed by atoms with Crippen LogP contribution in [0.25, 0.3) is 0 Å². The molecule has 0 aromatic heterocycles. The molecule has 0 radical (unpaired) electrons. The molecule has 1 amide bonds. The average Bonchev–Trinajstić information content (AvgIpc) is 2.48. The van der Waals surface area contributed by atoms with E-state index < -0.39 is 0 Å². The number of ether oxygens (including phenoxy) is 1. The van der Waals surface area contributed by atoms with Gasteiger partial charge in [0.2, 0.25) is 5.91 Å². The number of hydrogen-bond donors (Lipinski definition) is 1. The number of piperazine rings is 1. The molecule has 2 atom stereocenters. The van der Waals surface area contributed by atoms with E-state index in [0.717, 1.165) is 26.2 Å². The fourth-order valence-electron chi connectivity index (χ4n) is 3.23. The third kappa shape index (κ3) is 4.46. The van der Waals surface area contributed by atoms with Gasteiger partial charge in [0.15, 0.2) is 0 Å². The van der Waals surface area contributed by atoms with Crippen LogP contribution in [0.2, 0.25) is 0 Å². The smallest absolute Gasteiger partial charge is 0.224 e. The van der Waals surface area contributed by atoms with Crippen LogP contribution in [0.1, 0.15) is 45.4 Å². The predicted octanol–water partition coefficient (Wildman–Crippen LogP) is 1.79. The largest absolute Gasteiger partial charge is 0.377 e. The van der Waals surface area contributed by atoms with E-state index in [1.54, 1.807) is 0 Å². The molecular formula is C15H28N2O2. The molecule has 1 saturated heterocycles. The van der Waals surface area contributed by atoms with Gasteiger partial charge in [0.1, 0.15) is 0 Å². The summed E-state index contributed by atoms with van der Waals surface area (Å²) in [6.45, 7) is 6.39. The van der Waals surface area contributed by atoms with Gasteiger partial charge in [-0.05, 0) is 18.8 Å². The van der Waals surface area contributed by atoms with Gasteiger partial charge >= 0.3 is 0 Å². The van der Waals surface area contributed by atoms with Crippen LogP contribution in [-0.2, 0) is 9.53 Å². The molecule has 1 N–H and O–H groups in total. The second-order valence-electron chi connectivity index (χ2n) is 5.74. The minimum Gasteiger partial charge on any atom is -0.377 e. The lowest BCUT2D eigenvalue weighted by atomic mass is 9.85. The molecule has 2 unspecified atom stereocenters. The molecule has 2 aliphatic rings. The lowest BCUT2D eigenvalue weighted by Gasteiger charge is -2.31. The van der Waals surface area contributed by atoms with Crippen LogP contribution in [0.4, 0.5) is 0 Å². The van der Waals surface area contributed by atoms with Crippen molar-refractivity contribution in [3.63, 3.8) is 0 Å². The number of nitrogens with one attached hydrogen (secondary N) is 1. The van der Waals surface area contributed by atoms with Gasteiger partial charge in [-0.1, -0.05) is 26.2 Å². The molecule has 0 aromatic carbocycles. The van der Waals surface area contributed by atoms with Crippen molar-refractivity contribution in [1.82, 2.24) is 10.2 Å². The van der Waals surface area contributed by atoms with Crippen molar-refractivity contribution >= 4 is 5.91 Å². The standard InChI is InChI=1S/C15H28N2O2/c1-2-13-5-3-4-6-14(13)19-12-7-15(18)17-10-8-16-9-11-17/h13-14,16H,2-12H2,1H3. The molecule has 110 valence electrons. The molecule has 1 saturated carbocycles. The van der Waals surface area contributed by atoms with E-state index in [2.05, 4.69) is 12.2 Å². The van der Waals surface area contributed by atoms with Gasteiger partial charge in [-0.25, -0.2) is 0 Å². The summed E-state index contributed by atoms with van der Waals surface area (Å²) in [5.41, 5.74) is 0. The highest BCUT2D eigenvalue weighted by atomic mass is 16.5. The Balaban J connectivity index is 1.65. The van der Waals surface area contributed by atoms with Crippen molar-refractivity contribution in [2.45, 2.75) is 51.6 Å². The first-order valence-corrected chi connectivity index (χ1v) is 7.91. The van der Waals surface area contributed by atoms with Crippen molar-refractivity contribution in [2.24, 2.45) is 5.92 Å². The maximum Gasteiger partial charge on any atom is 0.224 e. The van der Waals surface area contributed by atoms with E-state index in [0.29, 0.717) is 25.0 Å². The summed E-state index contributed by atoms with van der Waals surface area (Å²) in [6.07, 6.45) is 7.26. The minimum absolute atomic E-state index is 0.255. The molecule has 1 aliphatic heterocycles. The highest BCUT2D eigenvalue weighted by molar-refractivity contribution is 5.76. The number of carbonyl (C=O) groups is 1. The first-order valence-electron chi connectivity index (χ1n) is 7.91. The summed E-state index contributed by atoms with van der Waals surface area (Å²) < 4.78 is 5.98. The topological polar surface area (TPSA) is 41.6 Å². The van der Waals surface area contributed by atoms with E-state index in [9.17, 15) is 4.79 Å².